The summed E-state index contributed by atoms with van der Waals surface area (Å²) in [5.41, 5.74) is 0.695. The highest BCUT2D eigenvalue weighted by molar-refractivity contribution is 5.05. The van der Waals surface area contributed by atoms with Gasteiger partial charge in [0.1, 0.15) is 0 Å². The summed E-state index contributed by atoms with van der Waals surface area (Å²) >= 11 is 0. The molecule has 5 N–H and O–H groups in total. The number of aliphatic hydroxyl groups is 4. The summed E-state index contributed by atoms with van der Waals surface area (Å²) in [7, 11) is 0. The van der Waals surface area contributed by atoms with Crippen LogP contribution in [0.4, 0.5) is 0 Å². The topological polar surface area (TPSA) is 124 Å². The summed E-state index contributed by atoms with van der Waals surface area (Å²) in [6.07, 6.45) is 0.883. The minimum absolute atomic E-state index is 0.0997. The molecule has 0 aromatic carbocycles. The standard InChI is InChI=1S/C11H20N4O4/c16-3-1-2-15-5-7(13-14-15)4-8-10(18)11(19)9(6-17)12-8/h5,8-12,16-19H,1-4,6H2/t8-,9+,10+,11+/m1/s1. The molecule has 0 spiro atoms. The average Bonchev–Trinajstić information content (AvgIpc) is 2.96. The zero-order valence-electron chi connectivity index (χ0n) is 10.6. The van der Waals surface area contributed by atoms with Gasteiger partial charge in [-0.25, -0.2) is 0 Å². The molecule has 0 aliphatic carbocycles. The molecule has 8 heteroatoms. The molecule has 0 unspecified atom stereocenters. The van der Waals surface area contributed by atoms with Crippen LogP contribution in [0.3, 0.4) is 0 Å². The van der Waals surface area contributed by atoms with Crippen LogP contribution in [-0.2, 0) is 13.0 Å². The summed E-state index contributed by atoms with van der Waals surface area (Å²) in [6, 6.07) is -0.862. The number of nitrogens with one attached hydrogen (secondary N) is 1. The number of aryl methyl sites for hydroxylation is 1. The zero-order valence-corrected chi connectivity index (χ0v) is 10.6. The van der Waals surface area contributed by atoms with E-state index in [0.717, 1.165) is 0 Å². The fourth-order valence-electron chi connectivity index (χ4n) is 2.29. The summed E-state index contributed by atoms with van der Waals surface area (Å²) in [4.78, 5) is 0. The minimum Gasteiger partial charge on any atom is -0.396 e. The van der Waals surface area contributed by atoms with Crippen molar-refractivity contribution in [3.05, 3.63) is 11.9 Å². The fourth-order valence-corrected chi connectivity index (χ4v) is 2.29. The van der Waals surface area contributed by atoms with Crippen molar-refractivity contribution in [3.8, 4) is 0 Å². The van der Waals surface area contributed by atoms with Gasteiger partial charge >= 0.3 is 0 Å². The third-order valence-electron chi connectivity index (χ3n) is 3.36. The monoisotopic (exact) mass is 272 g/mol. The zero-order chi connectivity index (χ0) is 13.8. The van der Waals surface area contributed by atoms with E-state index < -0.39 is 18.2 Å². The molecule has 0 radical (unpaired) electrons. The predicted octanol–water partition coefficient (Wildman–Crippen LogP) is -2.74. The van der Waals surface area contributed by atoms with E-state index in [-0.39, 0.29) is 19.3 Å². The second-order valence-corrected chi connectivity index (χ2v) is 4.80. The van der Waals surface area contributed by atoms with Crippen LogP contribution < -0.4 is 5.32 Å². The second kappa shape index (κ2) is 6.40. The Morgan fingerprint density at radius 2 is 1.95 bits per heavy atom. The summed E-state index contributed by atoms with van der Waals surface area (Å²) in [5.74, 6) is 0. The molecule has 1 aromatic rings. The Morgan fingerprint density at radius 1 is 1.21 bits per heavy atom. The van der Waals surface area contributed by atoms with Gasteiger partial charge in [-0.15, -0.1) is 5.10 Å². The Balaban J connectivity index is 1.92. The molecule has 108 valence electrons. The molecule has 1 saturated heterocycles. The Hall–Kier alpha value is -1.06. The van der Waals surface area contributed by atoms with E-state index in [4.69, 9.17) is 10.2 Å². The van der Waals surface area contributed by atoms with Crippen LogP contribution in [-0.4, -0.2) is 72.9 Å². The number of hydrogen-bond acceptors (Lipinski definition) is 7. The average molecular weight is 272 g/mol. The van der Waals surface area contributed by atoms with Crippen LogP contribution in [0.25, 0.3) is 0 Å². The van der Waals surface area contributed by atoms with Crippen LogP contribution >= 0.6 is 0 Å². The molecule has 1 aliphatic rings. The van der Waals surface area contributed by atoms with E-state index in [2.05, 4.69) is 15.6 Å². The van der Waals surface area contributed by atoms with E-state index in [9.17, 15) is 10.2 Å². The van der Waals surface area contributed by atoms with Crippen LogP contribution in [0.1, 0.15) is 12.1 Å². The second-order valence-electron chi connectivity index (χ2n) is 4.80. The number of hydrogen-bond donors (Lipinski definition) is 5. The van der Waals surface area contributed by atoms with E-state index in [1.165, 1.54) is 0 Å². The Labute approximate surface area is 110 Å². The highest BCUT2D eigenvalue weighted by Crippen LogP contribution is 2.17. The van der Waals surface area contributed by atoms with E-state index in [1.54, 1.807) is 10.9 Å². The molecule has 2 heterocycles. The smallest absolute Gasteiger partial charge is 0.0989 e. The van der Waals surface area contributed by atoms with Crippen molar-refractivity contribution < 1.29 is 20.4 Å². The van der Waals surface area contributed by atoms with Gasteiger partial charge in [0, 0.05) is 31.8 Å². The van der Waals surface area contributed by atoms with Crippen molar-refractivity contribution >= 4 is 0 Å². The number of aliphatic hydroxyl groups excluding tert-OH is 4. The van der Waals surface area contributed by atoms with Gasteiger partial charge < -0.3 is 25.7 Å². The largest absolute Gasteiger partial charge is 0.396 e. The lowest BCUT2D eigenvalue weighted by Gasteiger charge is -2.13. The minimum atomic E-state index is -0.973. The molecule has 1 fully saturated rings. The van der Waals surface area contributed by atoms with Gasteiger partial charge in [0.2, 0.25) is 0 Å². The molecule has 1 aliphatic heterocycles. The Kier molecular flexibility index (Phi) is 4.83. The lowest BCUT2D eigenvalue weighted by molar-refractivity contribution is 0.0196. The molecule has 0 bridgehead atoms. The summed E-state index contributed by atoms with van der Waals surface area (Å²) in [6.45, 7) is 0.465. The van der Waals surface area contributed by atoms with Crippen LogP contribution in [0, 0.1) is 0 Å². The van der Waals surface area contributed by atoms with Crippen molar-refractivity contribution in [1.29, 1.82) is 0 Å². The first-order valence-electron chi connectivity index (χ1n) is 6.38. The Morgan fingerprint density at radius 3 is 2.58 bits per heavy atom. The highest BCUT2D eigenvalue weighted by Gasteiger charge is 2.40. The first-order valence-corrected chi connectivity index (χ1v) is 6.38. The molecular weight excluding hydrogens is 252 g/mol. The summed E-state index contributed by atoms with van der Waals surface area (Å²) in [5, 5.41) is 48.2. The Bertz CT molecular complexity index is 400. The lowest BCUT2D eigenvalue weighted by Crippen LogP contribution is -2.37. The van der Waals surface area contributed by atoms with Crippen molar-refractivity contribution in [2.24, 2.45) is 0 Å². The third kappa shape index (κ3) is 3.28. The number of rotatable bonds is 6. The first-order chi connectivity index (χ1) is 9.15. The van der Waals surface area contributed by atoms with Crippen LogP contribution in [0.5, 0.6) is 0 Å². The molecule has 19 heavy (non-hydrogen) atoms. The van der Waals surface area contributed by atoms with Gasteiger partial charge in [0.05, 0.1) is 30.6 Å². The van der Waals surface area contributed by atoms with Crippen LogP contribution in [0.2, 0.25) is 0 Å². The molecule has 1 aromatic heterocycles. The maximum atomic E-state index is 9.86. The first kappa shape index (κ1) is 14.4. The highest BCUT2D eigenvalue weighted by atomic mass is 16.3. The van der Waals surface area contributed by atoms with Gasteiger partial charge in [0.25, 0.3) is 0 Å². The van der Waals surface area contributed by atoms with Crippen molar-refractivity contribution in [3.63, 3.8) is 0 Å². The molecule has 0 saturated carbocycles. The molecule has 8 nitrogen and oxygen atoms in total. The van der Waals surface area contributed by atoms with Crippen molar-refractivity contribution in [2.75, 3.05) is 13.2 Å². The fraction of sp³-hybridized carbons (Fsp3) is 0.818. The van der Waals surface area contributed by atoms with Crippen LogP contribution in [0.15, 0.2) is 6.20 Å². The predicted molar refractivity (Wildman–Crippen MR) is 65.2 cm³/mol. The van der Waals surface area contributed by atoms with Gasteiger partial charge in [-0.1, -0.05) is 5.21 Å². The normalized spacial score (nSPS) is 30.9. The van der Waals surface area contributed by atoms with Gasteiger partial charge in [-0.05, 0) is 6.42 Å². The quantitative estimate of drug-likeness (QED) is 0.380. The van der Waals surface area contributed by atoms with E-state index in [0.29, 0.717) is 25.1 Å². The maximum Gasteiger partial charge on any atom is 0.0989 e. The molecule has 4 atom stereocenters. The maximum absolute atomic E-state index is 9.86. The summed E-state index contributed by atoms with van der Waals surface area (Å²) < 4.78 is 1.63. The van der Waals surface area contributed by atoms with Gasteiger partial charge in [-0.3, -0.25) is 4.68 Å². The lowest BCUT2D eigenvalue weighted by atomic mass is 10.0. The van der Waals surface area contributed by atoms with E-state index in [1.807, 2.05) is 0 Å². The number of aromatic nitrogens is 3. The third-order valence-corrected chi connectivity index (χ3v) is 3.36. The van der Waals surface area contributed by atoms with Crippen molar-refractivity contribution in [1.82, 2.24) is 20.3 Å². The number of nitrogens with zero attached hydrogens (tertiary/aromatic N) is 3. The van der Waals surface area contributed by atoms with Gasteiger partial charge in [-0.2, -0.15) is 0 Å². The van der Waals surface area contributed by atoms with Gasteiger partial charge in [0.15, 0.2) is 0 Å². The van der Waals surface area contributed by atoms with Crippen molar-refractivity contribution in [2.45, 2.75) is 43.7 Å². The molecular formula is C11H20N4O4. The molecule has 2 rings (SSSR count). The van der Waals surface area contributed by atoms with E-state index >= 15 is 0 Å². The molecule has 0 amide bonds. The SMILES string of the molecule is OCCCn1cc(C[C@H]2N[C@@H](CO)[C@H](O)[C@H]2O)nn1.